The van der Waals surface area contributed by atoms with Gasteiger partial charge in [0.25, 0.3) is 0 Å². The van der Waals surface area contributed by atoms with Crippen LogP contribution in [-0.2, 0) is 0 Å². The molecule has 15 heavy (non-hydrogen) atoms. The van der Waals surface area contributed by atoms with Crippen LogP contribution in [-0.4, -0.2) is 6.10 Å². The molecule has 0 amide bonds. The van der Waals surface area contributed by atoms with Gasteiger partial charge in [-0.2, -0.15) is 0 Å². The molecule has 1 heteroatoms. The van der Waals surface area contributed by atoms with Crippen molar-refractivity contribution in [3.8, 4) is 5.75 Å². The van der Waals surface area contributed by atoms with Crippen LogP contribution in [0.15, 0.2) is 42.5 Å². The lowest BCUT2D eigenvalue weighted by Crippen LogP contribution is -2.09. The SMILES string of the molecule is CCC(C)Oc1ccc2ccccc2c1. The second kappa shape index (κ2) is 4.35. The summed E-state index contributed by atoms with van der Waals surface area (Å²) in [7, 11) is 0. The van der Waals surface area contributed by atoms with Crippen molar-refractivity contribution >= 4 is 10.8 Å². The van der Waals surface area contributed by atoms with Gasteiger partial charge in [-0.3, -0.25) is 0 Å². The van der Waals surface area contributed by atoms with E-state index >= 15 is 0 Å². The van der Waals surface area contributed by atoms with Crippen molar-refractivity contribution in [1.29, 1.82) is 0 Å². The average molecular weight is 200 g/mol. The van der Waals surface area contributed by atoms with Crippen molar-refractivity contribution in [2.75, 3.05) is 0 Å². The summed E-state index contributed by atoms with van der Waals surface area (Å²) in [6.45, 7) is 4.22. The van der Waals surface area contributed by atoms with Gasteiger partial charge in [0.2, 0.25) is 0 Å². The highest BCUT2D eigenvalue weighted by molar-refractivity contribution is 5.83. The van der Waals surface area contributed by atoms with Crippen LogP contribution in [0.3, 0.4) is 0 Å². The molecule has 78 valence electrons. The molecule has 0 bridgehead atoms. The Morgan fingerprint density at radius 3 is 2.53 bits per heavy atom. The molecule has 0 aromatic heterocycles. The Bertz CT molecular complexity index is 448. The zero-order valence-corrected chi connectivity index (χ0v) is 9.23. The molecule has 2 aromatic carbocycles. The van der Waals surface area contributed by atoms with Gasteiger partial charge in [0.15, 0.2) is 0 Å². The minimum absolute atomic E-state index is 0.283. The highest BCUT2D eigenvalue weighted by Crippen LogP contribution is 2.21. The highest BCUT2D eigenvalue weighted by atomic mass is 16.5. The number of fused-ring (bicyclic) bond motifs is 1. The van der Waals surface area contributed by atoms with E-state index in [0.29, 0.717) is 0 Å². The molecule has 2 rings (SSSR count). The average Bonchev–Trinajstić information content (AvgIpc) is 2.29. The highest BCUT2D eigenvalue weighted by Gasteiger charge is 2.01. The molecule has 1 nitrogen and oxygen atoms in total. The number of hydrogen-bond acceptors (Lipinski definition) is 1. The van der Waals surface area contributed by atoms with E-state index in [1.165, 1.54) is 10.8 Å². The van der Waals surface area contributed by atoms with Crippen LogP contribution in [0.25, 0.3) is 10.8 Å². The minimum atomic E-state index is 0.283. The summed E-state index contributed by atoms with van der Waals surface area (Å²) >= 11 is 0. The summed E-state index contributed by atoms with van der Waals surface area (Å²) < 4.78 is 5.77. The summed E-state index contributed by atoms with van der Waals surface area (Å²) in [6, 6.07) is 14.6. The van der Waals surface area contributed by atoms with E-state index in [2.05, 4.69) is 50.2 Å². The van der Waals surface area contributed by atoms with Gasteiger partial charge in [-0.25, -0.2) is 0 Å². The Kier molecular flexibility index (Phi) is 2.91. The quantitative estimate of drug-likeness (QED) is 0.727. The van der Waals surface area contributed by atoms with Crippen molar-refractivity contribution in [3.05, 3.63) is 42.5 Å². The largest absolute Gasteiger partial charge is 0.491 e. The van der Waals surface area contributed by atoms with Gasteiger partial charge in [-0.05, 0) is 36.2 Å². The first-order chi connectivity index (χ1) is 7.29. The lowest BCUT2D eigenvalue weighted by Gasteiger charge is -2.12. The summed E-state index contributed by atoms with van der Waals surface area (Å²) in [5, 5.41) is 2.49. The molecule has 0 saturated heterocycles. The Labute approximate surface area is 90.7 Å². The third-order valence-electron chi connectivity index (χ3n) is 2.63. The number of benzene rings is 2. The third-order valence-corrected chi connectivity index (χ3v) is 2.63. The number of rotatable bonds is 3. The monoisotopic (exact) mass is 200 g/mol. The van der Waals surface area contributed by atoms with E-state index in [0.717, 1.165) is 12.2 Å². The van der Waals surface area contributed by atoms with Gasteiger partial charge in [-0.15, -0.1) is 0 Å². The van der Waals surface area contributed by atoms with E-state index in [4.69, 9.17) is 4.74 Å². The molecule has 0 radical (unpaired) electrons. The van der Waals surface area contributed by atoms with Crippen molar-refractivity contribution in [2.24, 2.45) is 0 Å². The second-order valence-electron chi connectivity index (χ2n) is 3.85. The van der Waals surface area contributed by atoms with Crippen LogP contribution in [0.2, 0.25) is 0 Å². The second-order valence-corrected chi connectivity index (χ2v) is 3.85. The van der Waals surface area contributed by atoms with Gasteiger partial charge < -0.3 is 4.74 Å². The fraction of sp³-hybridized carbons (Fsp3) is 0.286. The molecule has 2 aromatic rings. The molecule has 0 N–H and O–H groups in total. The van der Waals surface area contributed by atoms with E-state index in [9.17, 15) is 0 Å². The van der Waals surface area contributed by atoms with Gasteiger partial charge in [-0.1, -0.05) is 37.3 Å². The maximum absolute atomic E-state index is 5.77. The van der Waals surface area contributed by atoms with E-state index in [1.807, 2.05) is 6.07 Å². The van der Waals surface area contributed by atoms with Crippen LogP contribution in [0.5, 0.6) is 5.75 Å². The Morgan fingerprint density at radius 2 is 1.80 bits per heavy atom. The third kappa shape index (κ3) is 2.30. The molecule has 0 heterocycles. The standard InChI is InChI=1S/C14H16O/c1-3-11(2)15-14-9-8-12-6-4-5-7-13(12)10-14/h4-11H,3H2,1-2H3. The lowest BCUT2D eigenvalue weighted by atomic mass is 10.1. The molecule has 0 spiro atoms. The zero-order valence-electron chi connectivity index (χ0n) is 9.23. The maximum Gasteiger partial charge on any atom is 0.120 e. The van der Waals surface area contributed by atoms with Crippen molar-refractivity contribution in [2.45, 2.75) is 26.4 Å². The Balaban J connectivity index is 2.30. The smallest absolute Gasteiger partial charge is 0.120 e. The van der Waals surface area contributed by atoms with Gasteiger partial charge >= 0.3 is 0 Å². The maximum atomic E-state index is 5.77. The van der Waals surface area contributed by atoms with E-state index in [1.54, 1.807) is 0 Å². The molecule has 0 aliphatic rings. The molecule has 0 saturated carbocycles. The Hall–Kier alpha value is -1.50. The first kappa shape index (κ1) is 10.0. The van der Waals surface area contributed by atoms with Gasteiger partial charge in [0.1, 0.15) is 5.75 Å². The van der Waals surface area contributed by atoms with Crippen LogP contribution < -0.4 is 4.74 Å². The predicted octanol–water partition coefficient (Wildman–Crippen LogP) is 4.02. The fourth-order valence-corrected chi connectivity index (χ4v) is 1.56. The molecule has 0 fully saturated rings. The van der Waals surface area contributed by atoms with Gasteiger partial charge in [0, 0.05) is 0 Å². The first-order valence-electron chi connectivity index (χ1n) is 5.45. The molecular formula is C14H16O. The fourth-order valence-electron chi connectivity index (χ4n) is 1.56. The van der Waals surface area contributed by atoms with Crippen molar-refractivity contribution in [3.63, 3.8) is 0 Å². The molecule has 0 aliphatic heterocycles. The van der Waals surface area contributed by atoms with Crippen molar-refractivity contribution in [1.82, 2.24) is 0 Å². The number of hydrogen-bond donors (Lipinski definition) is 0. The molecule has 1 atom stereocenters. The first-order valence-corrected chi connectivity index (χ1v) is 5.45. The van der Waals surface area contributed by atoms with Crippen LogP contribution in [0.4, 0.5) is 0 Å². The lowest BCUT2D eigenvalue weighted by molar-refractivity contribution is 0.218. The van der Waals surface area contributed by atoms with Crippen LogP contribution in [0, 0.1) is 0 Å². The zero-order chi connectivity index (χ0) is 10.7. The van der Waals surface area contributed by atoms with Crippen LogP contribution in [0.1, 0.15) is 20.3 Å². The van der Waals surface area contributed by atoms with E-state index < -0.39 is 0 Å². The van der Waals surface area contributed by atoms with Gasteiger partial charge in [0.05, 0.1) is 6.10 Å². The van der Waals surface area contributed by atoms with Crippen LogP contribution >= 0.6 is 0 Å². The molecule has 1 unspecified atom stereocenters. The minimum Gasteiger partial charge on any atom is -0.491 e. The van der Waals surface area contributed by atoms with E-state index in [-0.39, 0.29) is 6.10 Å². The molecular weight excluding hydrogens is 184 g/mol. The molecule has 0 aliphatic carbocycles. The summed E-state index contributed by atoms with van der Waals surface area (Å²) in [6.07, 6.45) is 1.32. The van der Waals surface area contributed by atoms with Crippen molar-refractivity contribution < 1.29 is 4.74 Å². The predicted molar refractivity (Wildman–Crippen MR) is 64.3 cm³/mol. The topological polar surface area (TPSA) is 9.23 Å². The summed E-state index contributed by atoms with van der Waals surface area (Å²) in [5.41, 5.74) is 0. The normalized spacial score (nSPS) is 12.7. The Morgan fingerprint density at radius 1 is 1.07 bits per heavy atom. The summed E-state index contributed by atoms with van der Waals surface area (Å²) in [4.78, 5) is 0. The number of ether oxygens (including phenoxy) is 1. The summed E-state index contributed by atoms with van der Waals surface area (Å²) in [5.74, 6) is 0.961.